The van der Waals surface area contributed by atoms with Crippen molar-refractivity contribution in [3.05, 3.63) is 65.7 Å². The molecular weight excluding hydrogens is 278 g/mol. The fourth-order valence-electron chi connectivity index (χ4n) is 2.49. The van der Waals surface area contributed by atoms with Crippen LogP contribution in [-0.2, 0) is 0 Å². The van der Waals surface area contributed by atoms with E-state index in [4.69, 9.17) is 9.52 Å². The molecule has 4 nitrogen and oxygen atoms in total. The Morgan fingerprint density at radius 1 is 1.23 bits per heavy atom. The predicted molar refractivity (Wildman–Crippen MR) is 84.1 cm³/mol. The highest BCUT2D eigenvalue weighted by Gasteiger charge is 2.25. The third kappa shape index (κ3) is 3.01. The van der Waals surface area contributed by atoms with Crippen LogP contribution in [0.1, 0.15) is 40.4 Å². The molecule has 1 N–H and O–H groups in total. The van der Waals surface area contributed by atoms with Gasteiger partial charge in [0.2, 0.25) is 0 Å². The van der Waals surface area contributed by atoms with E-state index in [2.05, 4.69) is 4.98 Å². The average molecular weight is 295 g/mol. The first-order valence-corrected chi connectivity index (χ1v) is 7.28. The lowest BCUT2D eigenvalue weighted by Crippen LogP contribution is -1.96. The first kappa shape index (κ1) is 14.3. The molecule has 0 bridgehead atoms. The second kappa shape index (κ2) is 6.02. The van der Waals surface area contributed by atoms with Gasteiger partial charge in [0, 0.05) is 17.8 Å². The van der Waals surface area contributed by atoms with Crippen molar-refractivity contribution < 1.29 is 14.3 Å². The summed E-state index contributed by atoms with van der Waals surface area (Å²) in [5.41, 5.74) is 2.20. The molecule has 0 saturated heterocycles. The highest BCUT2D eigenvalue weighted by molar-refractivity contribution is 6.03. The summed E-state index contributed by atoms with van der Waals surface area (Å²) in [7, 11) is 0. The summed E-state index contributed by atoms with van der Waals surface area (Å²) in [4.78, 5) is 14.9. The van der Waals surface area contributed by atoms with E-state index in [1.165, 1.54) is 18.4 Å². The number of benzene rings is 1. The first-order chi connectivity index (χ1) is 10.7. The molecule has 2 aromatic heterocycles. The molecule has 0 atom stereocenters. The maximum Gasteiger partial charge on any atom is 0.339 e. The van der Waals surface area contributed by atoms with Gasteiger partial charge < -0.3 is 9.52 Å². The van der Waals surface area contributed by atoms with Crippen molar-refractivity contribution in [2.75, 3.05) is 0 Å². The first-order valence-electron chi connectivity index (χ1n) is 7.28. The summed E-state index contributed by atoms with van der Waals surface area (Å²) in [6.45, 7) is 1.69. The number of fused-ring (bicyclic) bond motifs is 1. The number of pyridine rings is 1. The molecule has 1 fully saturated rings. The minimum absolute atomic E-state index is 0.303. The van der Waals surface area contributed by atoms with E-state index in [9.17, 15) is 4.79 Å². The molecule has 1 aromatic carbocycles. The summed E-state index contributed by atoms with van der Waals surface area (Å²) in [6, 6.07) is 11.6. The number of nitrogens with zero attached hydrogens (tertiary/aromatic N) is 1. The monoisotopic (exact) mass is 295 g/mol. The Labute approximate surface area is 128 Å². The van der Waals surface area contributed by atoms with Gasteiger partial charge in [-0.05, 0) is 55.5 Å². The molecule has 0 amide bonds. The molecule has 1 aliphatic rings. The van der Waals surface area contributed by atoms with Gasteiger partial charge in [0.05, 0.1) is 0 Å². The molecule has 112 valence electrons. The molecule has 22 heavy (non-hydrogen) atoms. The highest BCUT2D eigenvalue weighted by atomic mass is 16.4. The van der Waals surface area contributed by atoms with E-state index < -0.39 is 5.97 Å². The van der Waals surface area contributed by atoms with Crippen LogP contribution in [0.25, 0.3) is 11.0 Å². The van der Waals surface area contributed by atoms with Crippen molar-refractivity contribution >= 4 is 16.9 Å². The third-order valence-corrected chi connectivity index (χ3v) is 3.72. The third-order valence-electron chi connectivity index (χ3n) is 3.72. The van der Waals surface area contributed by atoms with Crippen molar-refractivity contribution in [3.8, 4) is 0 Å². The van der Waals surface area contributed by atoms with Gasteiger partial charge in [0.15, 0.2) is 0 Å². The minimum atomic E-state index is -0.913. The van der Waals surface area contributed by atoms with Crippen LogP contribution in [0.3, 0.4) is 0 Å². The number of aryl methyl sites for hydroxylation is 1. The maximum absolute atomic E-state index is 11.1. The van der Waals surface area contributed by atoms with E-state index in [1.54, 1.807) is 19.3 Å². The van der Waals surface area contributed by atoms with Gasteiger partial charge in [-0.3, -0.25) is 4.98 Å². The van der Waals surface area contributed by atoms with Gasteiger partial charge >= 0.3 is 5.97 Å². The smallest absolute Gasteiger partial charge is 0.339 e. The average Bonchev–Trinajstić information content (AvgIpc) is 3.31. The van der Waals surface area contributed by atoms with Crippen LogP contribution in [-0.4, -0.2) is 16.1 Å². The molecule has 3 aromatic rings. The molecule has 2 heterocycles. The van der Waals surface area contributed by atoms with Gasteiger partial charge in [0.25, 0.3) is 0 Å². The zero-order valence-corrected chi connectivity index (χ0v) is 12.3. The molecule has 0 spiro atoms. The van der Waals surface area contributed by atoms with Crippen molar-refractivity contribution in [1.82, 2.24) is 4.98 Å². The quantitative estimate of drug-likeness (QED) is 0.761. The van der Waals surface area contributed by atoms with E-state index in [0.29, 0.717) is 22.8 Å². The zero-order valence-electron chi connectivity index (χ0n) is 12.3. The lowest BCUT2D eigenvalue weighted by molar-refractivity contribution is 0.0697. The summed E-state index contributed by atoms with van der Waals surface area (Å²) in [5, 5.41) is 9.87. The van der Waals surface area contributed by atoms with Gasteiger partial charge in [-0.15, -0.1) is 0 Å². The van der Waals surface area contributed by atoms with E-state index in [-0.39, 0.29) is 0 Å². The summed E-state index contributed by atoms with van der Waals surface area (Å²) in [5.74, 6) is 0.195. The second-order valence-electron chi connectivity index (χ2n) is 5.39. The van der Waals surface area contributed by atoms with E-state index in [0.717, 1.165) is 5.39 Å². The summed E-state index contributed by atoms with van der Waals surface area (Å²) < 4.78 is 5.43. The fourth-order valence-corrected chi connectivity index (χ4v) is 2.49. The number of furan rings is 1. The fraction of sp³-hybridized carbons (Fsp3) is 0.222. The number of carbonyl (C=O) groups is 1. The van der Waals surface area contributed by atoms with Crippen LogP contribution in [0.2, 0.25) is 0 Å². The van der Waals surface area contributed by atoms with Gasteiger partial charge in [-0.25, -0.2) is 4.79 Å². The SMILES string of the molecule is Cc1oc2ccc(C3CC3)cc2c1C(=O)O.c1ccncc1. The van der Waals surface area contributed by atoms with Crippen molar-refractivity contribution in [2.24, 2.45) is 0 Å². The van der Waals surface area contributed by atoms with Crippen LogP contribution in [0.5, 0.6) is 0 Å². The minimum Gasteiger partial charge on any atom is -0.478 e. The normalized spacial score (nSPS) is 13.5. The highest BCUT2D eigenvalue weighted by Crippen LogP contribution is 2.41. The van der Waals surface area contributed by atoms with Crippen LogP contribution >= 0.6 is 0 Å². The lowest BCUT2D eigenvalue weighted by atomic mass is 10.1. The van der Waals surface area contributed by atoms with Crippen molar-refractivity contribution in [1.29, 1.82) is 0 Å². The molecular formula is C18H17NO3. The van der Waals surface area contributed by atoms with Crippen LogP contribution in [0.15, 0.2) is 53.2 Å². The molecule has 4 heteroatoms. The van der Waals surface area contributed by atoms with E-state index in [1.807, 2.05) is 36.4 Å². The molecule has 4 rings (SSSR count). The number of aromatic nitrogens is 1. The van der Waals surface area contributed by atoms with Crippen LogP contribution < -0.4 is 0 Å². The Morgan fingerprint density at radius 2 is 1.95 bits per heavy atom. The Balaban J connectivity index is 0.000000202. The summed E-state index contributed by atoms with van der Waals surface area (Å²) in [6.07, 6.45) is 5.93. The zero-order chi connectivity index (χ0) is 15.5. The molecule has 0 unspecified atom stereocenters. The number of hydrogen-bond donors (Lipinski definition) is 1. The Bertz CT molecular complexity index is 762. The van der Waals surface area contributed by atoms with Gasteiger partial charge in [-0.1, -0.05) is 12.1 Å². The molecule has 1 saturated carbocycles. The van der Waals surface area contributed by atoms with Crippen molar-refractivity contribution in [3.63, 3.8) is 0 Å². The number of hydrogen-bond acceptors (Lipinski definition) is 3. The Kier molecular flexibility index (Phi) is 3.92. The largest absolute Gasteiger partial charge is 0.478 e. The van der Waals surface area contributed by atoms with Crippen molar-refractivity contribution in [2.45, 2.75) is 25.7 Å². The Morgan fingerprint density at radius 3 is 2.45 bits per heavy atom. The number of carboxylic acids is 1. The predicted octanol–water partition coefficient (Wildman–Crippen LogP) is 4.40. The standard InChI is InChI=1S/C13H12O3.C5H5N/c1-7-12(13(14)15)10-6-9(8-2-3-8)4-5-11(10)16-7;1-2-4-6-5-3-1/h4-6,8H,2-3H2,1H3,(H,14,15);1-5H. The summed E-state index contributed by atoms with van der Waals surface area (Å²) >= 11 is 0. The molecule has 0 aliphatic heterocycles. The van der Waals surface area contributed by atoms with E-state index >= 15 is 0 Å². The van der Waals surface area contributed by atoms with Gasteiger partial charge in [-0.2, -0.15) is 0 Å². The second-order valence-corrected chi connectivity index (χ2v) is 5.39. The number of carboxylic acid groups (broad SMARTS) is 1. The van der Waals surface area contributed by atoms with Gasteiger partial charge in [0.1, 0.15) is 16.9 Å². The number of rotatable bonds is 2. The topological polar surface area (TPSA) is 63.3 Å². The Hall–Kier alpha value is -2.62. The molecule has 0 radical (unpaired) electrons. The van der Waals surface area contributed by atoms with Crippen LogP contribution in [0, 0.1) is 6.92 Å². The number of aromatic carboxylic acids is 1. The molecule has 1 aliphatic carbocycles. The van der Waals surface area contributed by atoms with Crippen LogP contribution in [0.4, 0.5) is 0 Å². The maximum atomic E-state index is 11.1. The lowest BCUT2D eigenvalue weighted by Gasteiger charge is -1.97.